The Labute approximate surface area is 85.4 Å². The lowest BCUT2D eigenvalue weighted by molar-refractivity contribution is 0.549. The van der Waals surface area contributed by atoms with Crippen LogP contribution in [0.15, 0.2) is 0 Å². The van der Waals surface area contributed by atoms with Crippen LogP contribution in [0.3, 0.4) is 0 Å². The second kappa shape index (κ2) is 4.93. The minimum atomic E-state index is -0.362. The molecule has 1 fully saturated rings. The predicted octanol–water partition coefficient (Wildman–Crippen LogP) is 0.197. The summed E-state index contributed by atoms with van der Waals surface area (Å²) in [5.41, 5.74) is 0. The Bertz CT molecular complexity index is 183. The first kappa shape index (κ1) is 11.0. The first-order valence-corrected chi connectivity index (χ1v) is 5.24. The molecule has 1 heterocycles. The molecular formula is C8H17BN2OS. The number of hydrogen-bond acceptors (Lipinski definition) is 3. The van der Waals surface area contributed by atoms with Crippen molar-refractivity contribution in [2.24, 2.45) is 0 Å². The van der Waals surface area contributed by atoms with E-state index in [0.717, 1.165) is 18.0 Å². The van der Waals surface area contributed by atoms with Gasteiger partial charge in [-0.25, -0.2) is 0 Å². The maximum absolute atomic E-state index is 9.27. The molecule has 0 bridgehead atoms. The number of hydrogen-bond donors (Lipinski definition) is 3. The fourth-order valence-electron chi connectivity index (χ4n) is 1.35. The first-order valence-electron chi connectivity index (χ1n) is 4.83. The third-order valence-corrected chi connectivity index (χ3v) is 2.87. The molecule has 0 radical (unpaired) electrons. The highest BCUT2D eigenvalue weighted by Gasteiger charge is 2.22. The Balaban J connectivity index is 2.31. The van der Waals surface area contributed by atoms with Crippen molar-refractivity contribution < 1.29 is 5.02 Å². The summed E-state index contributed by atoms with van der Waals surface area (Å²) in [7, 11) is 0. The van der Waals surface area contributed by atoms with E-state index < -0.39 is 0 Å². The monoisotopic (exact) mass is 200 g/mol. The molecule has 0 aromatic carbocycles. The smallest absolute Gasteiger partial charge is 0.308 e. The summed E-state index contributed by atoms with van der Waals surface area (Å²) in [6.45, 7) is 4.39. The van der Waals surface area contributed by atoms with Gasteiger partial charge in [-0.1, -0.05) is 19.0 Å². The standard InChI is InChI=1S/C8H17BN2OS/c1-6(9(2)12)11-8(13)7-4-3-5-10-7/h6-7,10,12H,3-5H2,1-2H3,(H,11,13)/t6-,7-/m0/s1. The molecule has 1 aliphatic rings. The lowest BCUT2D eigenvalue weighted by Gasteiger charge is -2.20. The van der Waals surface area contributed by atoms with Crippen molar-refractivity contribution in [1.29, 1.82) is 0 Å². The molecule has 13 heavy (non-hydrogen) atoms. The van der Waals surface area contributed by atoms with E-state index in [2.05, 4.69) is 10.6 Å². The Kier molecular flexibility index (Phi) is 4.16. The Morgan fingerprint density at radius 1 is 1.77 bits per heavy atom. The third-order valence-electron chi connectivity index (χ3n) is 2.47. The van der Waals surface area contributed by atoms with Gasteiger partial charge in [0.1, 0.15) is 0 Å². The van der Waals surface area contributed by atoms with Crippen LogP contribution >= 0.6 is 12.2 Å². The SMILES string of the molecule is CB(O)[C@H](C)NC(=S)[C@@H]1CCCN1. The molecule has 3 nitrogen and oxygen atoms in total. The van der Waals surface area contributed by atoms with Crippen LogP contribution < -0.4 is 10.6 Å². The van der Waals surface area contributed by atoms with Crippen LogP contribution in [0.25, 0.3) is 0 Å². The molecule has 3 N–H and O–H groups in total. The fourth-order valence-corrected chi connectivity index (χ4v) is 1.74. The average Bonchev–Trinajstić information content (AvgIpc) is 2.55. The van der Waals surface area contributed by atoms with Gasteiger partial charge in [0.2, 0.25) is 0 Å². The highest BCUT2D eigenvalue weighted by Crippen LogP contribution is 2.06. The molecule has 74 valence electrons. The van der Waals surface area contributed by atoms with Crippen molar-refractivity contribution in [1.82, 2.24) is 10.6 Å². The first-order chi connectivity index (χ1) is 6.11. The van der Waals surface area contributed by atoms with Crippen LogP contribution in [0.5, 0.6) is 0 Å². The van der Waals surface area contributed by atoms with Crippen LogP contribution in [0, 0.1) is 0 Å². The van der Waals surface area contributed by atoms with E-state index in [1.165, 1.54) is 6.42 Å². The summed E-state index contributed by atoms with van der Waals surface area (Å²) in [6.07, 6.45) is 2.30. The van der Waals surface area contributed by atoms with Gasteiger partial charge in [-0.2, -0.15) is 0 Å². The summed E-state index contributed by atoms with van der Waals surface area (Å²) in [4.78, 5) is 0.839. The van der Waals surface area contributed by atoms with Crippen molar-refractivity contribution in [3.8, 4) is 0 Å². The van der Waals surface area contributed by atoms with E-state index in [9.17, 15) is 5.02 Å². The fraction of sp³-hybridized carbons (Fsp3) is 0.875. The number of rotatable bonds is 3. The summed E-state index contributed by atoms with van der Waals surface area (Å²) in [6, 6.07) is 0.316. The second-order valence-electron chi connectivity index (χ2n) is 3.69. The predicted molar refractivity (Wildman–Crippen MR) is 60.1 cm³/mol. The molecule has 0 aromatic heterocycles. The van der Waals surface area contributed by atoms with E-state index >= 15 is 0 Å². The van der Waals surface area contributed by atoms with E-state index in [1.807, 2.05) is 6.92 Å². The van der Waals surface area contributed by atoms with E-state index in [4.69, 9.17) is 12.2 Å². The largest absolute Gasteiger partial charge is 0.449 e. The van der Waals surface area contributed by atoms with E-state index in [-0.39, 0.29) is 12.9 Å². The molecule has 1 aliphatic heterocycles. The quantitative estimate of drug-likeness (QED) is 0.449. The van der Waals surface area contributed by atoms with Crippen LogP contribution in [-0.2, 0) is 0 Å². The molecular weight excluding hydrogens is 183 g/mol. The highest BCUT2D eigenvalue weighted by atomic mass is 32.1. The van der Waals surface area contributed by atoms with Crippen LogP contribution in [-0.4, -0.2) is 35.5 Å². The van der Waals surface area contributed by atoms with Gasteiger partial charge >= 0.3 is 6.92 Å². The molecule has 0 aromatic rings. The molecule has 1 rings (SSSR count). The Morgan fingerprint density at radius 3 is 2.92 bits per heavy atom. The number of nitrogens with one attached hydrogen (secondary N) is 2. The molecule has 2 atom stereocenters. The topological polar surface area (TPSA) is 44.3 Å². The van der Waals surface area contributed by atoms with Crippen molar-refractivity contribution in [2.45, 2.75) is 38.6 Å². The van der Waals surface area contributed by atoms with Crippen molar-refractivity contribution >= 4 is 24.1 Å². The minimum absolute atomic E-state index is 0.0369. The molecule has 0 unspecified atom stereocenters. The lowest BCUT2D eigenvalue weighted by atomic mass is 9.64. The highest BCUT2D eigenvalue weighted by molar-refractivity contribution is 7.80. The van der Waals surface area contributed by atoms with Crippen LogP contribution in [0.1, 0.15) is 19.8 Å². The lowest BCUT2D eigenvalue weighted by Crippen LogP contribution is -2.48. The maximum atomic E-state index is 9.27. The normalized spacial score (nSPS) is 24.1. The van der Waals surface area contributed by atoms with Gasteiger partial charge in [-0.15, -0.1) is 0 Å². The van der Waals surface area contributed by atoms with Gasteiger partial charge in [0.15, 0.2) is 0 Å². The zero-order valence-electron chi connectivity index (χ0n) is 8.21. The van der Waals surface area contributed by atoms with Crippen molar-refractivity contribution in [3.63, 3.8) is 0 Å². The summed E-state index contributed by atoms with van der Waals surface area (Å²) in [5, 5.41) is 15.7. The summed E-state index contributed by atoms with van der Waals surface area (Å²) in [5.74, 6) is 0.0369. The molecule has 0 saturated carbocycles. The summed E-state index contributed by atoms with van der Waals surface area (Å²) < 4.78 is 0. The summed E-state index contributed by atoms with van der Waals surface area (Å²) >= 11 is 5.22. The molecule has 1 saturated heterocycles. The molecule has 0 amide bonds. The average molecular weight is 200 g/mol. The van der Waals surface area contributed by atoms with Gasteiger partial charge in [-0.3, -0.25) is 0 Å². The van der Waals surface area contributed by atoms with Crippen LogP contribution in [0.4, 0.5) is 0 Å². The molecule has 0 aliphatic carbocycles. The number of thiocarbonyl (C=S) groups is 1. The minimum Gasteiger partial charge on any atom is -0.449 e. The molecule has 5 heteroatoms. The van der Waals surface area contributed by atoms with E-state index in [1.54, 1.807) is 6.82 Å². The van der Waals surface area contributed by atoms with E-state index in [0.29, 0.717) is 6.04 Å². The van der Waals surface area contributed by atoms with Gasteiger partial charge in [-0.05, 0) is 26.3 Å². The zero-order valence-corrected chi connectivity index (χ0v) is 9.03. The van der Waals surface area contributed by atoms with Crippen molar-refractivity contribution in [3.05, 3.63) is 0 Å². The van der Waals surface area contributed by atoms with Gasteiger partial charge in [0.05, 0.1) is 11.0 Å². The van der Waals surface area contributed by atoms with Gasteiger partial charge in [0.25, 0.3) is 0 Å². The Hall–Kier alpha value is -0.125. The zero-order chi connectivity index (χ0) is 9.84. The maximum Gasteiger partial charge on any atom is 0.308 e. The Morgan fingerprint density at radius 2 is 2.46 bits per heavy atom. The van der Waals surface area contributed by atoms with Crippen molar-refractivity contribution in [2.75, 3.05) is 6.54 Å². The van der Waals surface area contributed by atoms with Crippen LogP contribution in [0.2, 0.25) is 6.82 Å². The third kappa shape index (κ3) is 3.25. The molecule has 0 spiro atoms. The van der Waals surface area contributed by atoms with Gasteiger partial charge in [0, 0.05) is 5.94 Å². The second-order valence-corrected chi connectivity index (χ2v) is 4.13. The van der Waals surface area contributed by atoms with Gasteiger partial charge < -0.3 is 15.7 Å².